The molecule has 27 heavy (non-hydrogen) atoms. The van der Waals surface area contributed by atoms with Gasteiger partial charge in [0.1, 0.15) is 17.2 Å². The van der Waals surface area contributed by atoms with Crippen LogP contribution in [0.1, 0.15) is 15.9 Å². The summed E-state index contributed by atoms with van der Waals surface area (Å²) in [4.78, 5) is 15.5. The number of ether oxygens (including phenoxy) is 1. The van der Waals surface area contributed by atoms with Crippen molar-refractivity contribution < 1.29 is 27.8 Å². The van der Waals surface area contributed by atoms with Crippen LogP contribution in [0.4, 0.5) is 18.9 Å². The van der Waals surface area contributed by atoms with Gasteiger partial charge in [0, 0.05) is 34.2 Å². The van der Waals surface area contributed by atoms with Gasteiger partial charge in [0.05, 0.1) is 18.3 Å². The van der Waals surface area contributed by atoms with E-state index in [1.165, 1.54) is 13.2 Å². The molecule has 0 saturated heterocycles. The predicted octanol–water partition coefficient (Wildman–Crippen LogP) is 4.73. The number of fused-ring (bicyclic) bond motifs is 1. The molecule has 1 aromatic heterocycles. The van der Waals surface area contributed by atoms with Crippen molar-refractivity contribution in [2.75, 3.05) is 12.4 Å². The molecule has 0 atom stereocenters. The summed E-state index contributed by atoms with van der Waals surface area (Å²) < 4.78 is 47.3. The summed E-state index contributed by atoms with van der Waals surface area (Å²) in [7, 11) is 1.29. The number of nitrogens with zero attached hydrogens (tertiary/aromatic N) is 1. The van der Waals surface area contributed by atoms with Crippen LogP contribution < -0.4 is 10.1 Å². The summed E-state index contributed by atoms with van der Waals surface area (Å²) in [6.45, 7) is -0.349. The summed E-state index contributed by atoms with van der Waals surface area (Å²) >= 11 is 2.99. The Morgan fingerprint density at radius 2 is 1.85 bits per heavy atom. The van der Waals surface area contributed by atoms with E-state index in [9.17, 15) is 23.1 Å². The third-order valence-corrected chi connectivity index (χ3v) is 4.38. The fraction of sp³-hybridized carbons (Fsp3) is 0.111. The number of anilines is 1. The van der Waals surface area contributed by atoms with E-state index in [-0.39, 0.29) is 44.5 Å². The summed E-state index contributed by atoms with van der Waals surface area (Å²) in [5.41, 5.74) is -0.285. The van der Waals surface area contributed by atoms with Gasteiger partial charge in [0.2, 0.25) is 0 Å². The number of hydrogen-bond donors (Lipinski definition) is 2. The molecular formula is C18H12BrF3N2O3. The van der Waals surface area contributed by atoms with Crippen LogP contribution in [0.25, 0.3) is 10.9 Å². The minimum Gasteiger partial charge on any atom is -0.494 e. The average molecular weight is 441 g/mol. The molecule has 2 N–H and O–H groups in total. The molecule has 3 rings (SSSR count). The average Bonchev–Trinajstić information content (AvgIpc) is 2.60. The molecule has 0 bridgehead atoms. The highest BCUT2D eigenvalue weighted by Crippen LogP contribution is 2.32. The van der Waals surface area contributed by atoms with E-state index in [0.717, 1.165) is 24.4 Å². The van der Waals surface area contributed by atoms with Gasteiger partial charge in [0.15, 0.2) is 11.6 Å². The van der Waals surface area contributed by atoms with Crippen molar-refractivity contribution in [2.24, 2.45) is 0 Å². The Morgan fingerprint density at radius 3 is 2.44 bits per heavy atom. The maximum Gasteiger partial charge on any atom is 0.339 e. The van der Waals surface area contributed by atoms with Gasteiger partial charge in [-0.15, -0.1) is 0 Å². The van der Waals surface area contributed by atoms with Gasteiger partial charge in [-0.3, -0.25) is 4.98 Å². The van der Waals surface area contributed by atoms with E-state index in [1.807, 2.05) is 0 Å². The Balaban J connectivity index is 2.10. The number of carboxylic acid groups (broad SMARTS) is 1. The first kappa shape index (κ1) is 19.0. The first-order valence-electron chi connectivity index (χ1n) is 7.58. The van der Waals surface area contributed by atoms with Crippen LogP contribution >= 0.6 is 15.9 Å². The van der Waals surface area contributed by atoms with Gasteiger partial charge in [0.25, 0.3) is 0 Å². The third kappa shape index (κ3) is 3.68. The van der Waals surface area contributed by atoms with E-state index in [1.54, 1.807) is 0 Å². The number of halogens is 4. The normalized spacial score (nSPS) is 10.9. The molecule has 9 heteroatoms. The molecule has 0 spiro atoms. The largest absolute Gasteiger partial charge is 0.494 e. The van der Waals surface area contributed by atoms with Crippen molar-refractivity contribution in [3.05, 3.63) is 63.5 Å². The zero-order chi connectivity index (χ0) is 19.7. The maximum absolute atomic E-state index is 14.1. The van der Waals surface area contributed by atoms with Crippen LogP contribution in [-0.2, 0) is 6.54 Å². The number of methoxy groups -OCH3 is 1. The van der Waals surface area contributed by atoms with Gasteiger partial charge in [-0.1, -0.05) is 15.9 Å². The standard InChI is InChI=1S/C18H12BrF3N2O3/c1-27-16-5-15-9(4-14(16)22)17(11(7-23-15)18(25)26)24-6-10-12(20)2-8(19)3-13(10)21/h2-5,7H,6H2,1H3,(H,23,24)(H,25,26). The third-order valence-electron chi connectivity index (χ3n) is 3.92. The molecule has 0 unspecified atom stereocenters. The van der Waals surface area contributed by atoms with E-state index in [2.05, 4.69) is 26.2 Å². The van der Waals surface area contributed by atoms with Crippen LogP contribution in [0, 0.1) is 17.5 Å². The van der Waals surface area contributed by atoms with Crippen molar-refractivity contribution >= 4 is 38.5 Å². The lowest BCUT2D eigenvalue weighted by atomic mass is 10.1. The number of carboxylic acids is 1. The van der Waals surface area contributed by atoms with E-state index in [4.69, 9.17) is 4.74 Å². The lowest BCUT2D eigenvalue weighted by Gasteiger charge is -2.14. The second kappa shape index (κ2) is 7.43. The van der Waals surface area contributed by atoms with Crippen LogP contribution in [0.5, 0.6) is 5.75 Å². The van der Waals surface area contributed by atoms with Gasteiger partial charge in [-0.25, -0.2) is 18.0 Å². The Hall–Kier alpha value is -2.81. The quantitative estimate of drug-likeness (QED) is 0.599. The van der Waals surface area contributed by atoms with E-state index in [0.29, 0.717) is 0 Å². The molecular weight excluding hydrogens is 429 g/mol. The fourth-order valence-corrected chi connectivity index (χ4v) is 3.02. The highest BCUT2D eigenvalue weighted by Gasteiger charge is 2.18. The maximum atomic E-state index is 14.1. The van der Waals surface area contributed by atoms with Gasteiger partial charge in [-0.05, 0) is 18.2 Å². The van der Waals surface area contributed by atoms with Crippen molar-refractivity contribution in [3.8, 4) is 5.75 Å². The van der Waals surface area contributed by atoms with Crippen LogP contribution in [0.15, 0.2) is 34.9 Å². The van der Waals surface area contributed by atoms with Crippen molar-refractivity contribution in [1.29, 1.82) is 0 Å². The summed E-state index contributed by atoms with van der Waals surface area (Å²) in [6.07, 6.45) is 1.08. The zero-order valence-electron chi connectivity index (χ0n) is 13.8. The van der Waals surface area contributed by atoms with Crippen LogP contribution in [0.2, 0.25) is 0 Å². The molecule has 0 saturated carbocycles. The molecule has 3 aromatic rings. The summed E-state index contributed by atoms with van der Waals surface area (Å²) in [5, 5.41) is 12.2. The highest BCUT2D eigenvalue weighted by atomic mass is 79.9. The SMILES string of the molecule is COc1cc2ncc(C(=O)O)c(NCc3c(F)cc(Br)cc3F)c2cc1F. The van der Waals surface area contributed by atoms with E-state index < -0.39 is 23.4 Å². The number of aromatic nitrogens is 1. The monoisotopic (exact) mass is 440 g/mol. The Bertz CT molecular complexity index is 1040. The summed E-state index contributed by atoms with van der Waals surface area (Å²) in [6, 6.07) is 4.55. The van der Waals surface area contributed by atoms with Crippen LogP contribution in [-0.4, -0.2) is 23.2 Å². The number of aromatic carboxylic acids is 1. The van der Waals surface area contributed by atoms with Gasteiger partial charge >= 0.3 is 5.97 Å². The Morgan fingerprint density at radius 1 is 1.19 bits per heavy atom. The van der Waals surface area contributed by atoms with Crippen molar-refractivity contribution in [2.45, 2.75) is 6.54 Å². The highest BCUT2D eigenvalue weighted by molar-refractivity contribution is 9.10. The molecule has 5 nitrogen and oxygen atoms in total. The molecule has 1 heterocycles. The fourth-order valence-electron chi connectivity index (χ4n) is 2.62. The lowest BCUT2D eigenvalue weighted by molar-refractivity contribution is 0.0697. The van der Waals surface area contributed by atoms with Crippen molar-refractivity contribution in [3.63, 3.8) is 0 Å². The molecule has 0 aliphatic carbocycles. The molecule has 0 amide bonds. The lowest BCUT2D eigenvalue weighted by Crippen LogP contribution is -2.10. The number of benzene rings is 2. The molecule has 2 aromatic carbocycles. The van der Waals surface area contributed by atoms with Crippen LogP contribution in [0.3, 0.4) is 0 Å². The van der Waals surface area contributed by atoms with Gasteiger partial charge in [-0.2, -0.15) is 0 Å². The van der Waals surface area contributed by atoms with Crippen molar-refractivity contribution in [1.82, 2.24) is 4.98 Å². The topological polar surface area (TPSA) is 71.5 Å². The zero-order valence-corrected chi connectivity index (χ0v) is 15.4. The number of hydrogen-bond acceptors (Lipinski definition) is 4. The minimum atomic E-state index is -1.32. The minimum absolute atomic E-state index is 0.00391. The predicted molar refractivity (Wildman–Crippen MR) is 96.6 cm³/mol. The molecule has 0 aliphatic rings. The number of rotatable bonds is 5. The first-order valence-corrected chi connectivity index (χ1v) is 8.38. The van der Waals surface area contributed by atoms with Gasteiger partial charge < -0.3 is 15.2 Å². The van der Waals surface area contributed by atoms with E-state index >= 15 is 0 Å². The first-order chi connectivity index (χ1) is 12.8. The molecule has 0 fully saturated rings. The number of carbonyl (C=O) groups is 1. The smallest absolute Gasteiger partial charge is 0.339 e. The second-order valence-electron chi connectivity index (χ2n) is 5.56. The Labute approximate surface area is 159 Å². The number of pyridine rings is 1. The molecule has 140 valence electrons. The summed E-state index contributed by atoms with van der Waals surface area (Å²) in [5.74, 6) is -3.72. The molecule has 0 aliphatic heterocycles. The second-order valence-corrected chi connectivity index (χ2v) is 6.47. The number of nitrogens with one attached hydrogen (secondary N) is 1. The molecule has 0 radical (unpaired) electrons. The Kier molecular flexibility index (Phi) is 5.22.